The average Bonchev–Trinajstić information content (AvgIpc) is 2.83. The summed E-state index contributed by atoms with van der Waals surface area (Å²) in [6, 6.07) is 33.2. The van der Waals surface area contributed by atoms with Crippen LogP contribution in [-0.2, 0) is 9.22 Å². The maximum Gasteiger partial charge on any atom is 0.192 e. The van der Waals surface area contributed by atoms with Gasteiger partial charge in [0.2, 0.25) is 0 Å². The number of rotatable bonds is 9. The van der Waals surface area contributed by atoms with Gasteiger partial charge >= 0.3 is 0 Å². The minimum Gasteiger partial charge on any atom is -0.412 e. The van der Waals surface area contributed by atoms with E-state index in [9.17, 15) is 10.1 Å². The van der Waals surface area contributed by atoms with Crippen molar-refractivity contribution in [3.8, 4) is 6.07 Å². The molecular formula is C30H36NO2PSi. The number of carbonyl (C=O) groups excluding carboxylic acids is 1. The van der Waals surface area contributed by atoms with Gasteiger partial charge in [-0.15, -0.1) is 0 Å². The lowest BCUT2D eigenvalue weighted by atomic mass is 10.1. The Labute approximate surface area is 211 Å². The van der Waals surface area contributed by atoms with Gasteiger partial charge in [0.25, 0.3) is 0 Å². The molecule has 0 aromatic heterocycles. The number of carbonyl (C=O) groups is 1. The van der Waals surface area contributed by atoms with Gasteiger partial charge in [0.15, 0.2) is 14.1 Å². The normalized spacial score (nSPS) is 13.0. The van der Waals surface area contributed by atoms with Gasteiger partial charge < -0.3 is 4.43 Å². The lowest BCUT2D eigenvalue weighted by Gasteiger charge is -2.38. The molecule has 5 heteroatoms. The Kier molecular flexibility index (Phi) is 8.73. The van der Waals surface area contributed by atoms with E-state index in [1.54, 1.807) is 0 Å². The Morgan fingerprint density at radius 3 is 1.63 bits per heavy atom. The van der Waals surface area contributed by atoms with Crippen LogP contribution in [0.1, 0.15) is 33.6 Å². The van der Waals surface area contributed by atoms with E-state index in [-0.39, 0.29) is 23.7 Å². The van der Waals surface area contributed by atoms with E-state index in [0.29, 0.717) is 0 Å². The zero-order chi connectivity index (χ0) is 25.5. The van der Waals surface area contributed by atoms with E-state index in [0.717, 1.165) is 15.9 Å². The van der Waals surface area contributed by atoms with E-state index in [4.69, 9.17) is 4.43 Å². The Morgan fingerprint density at radius 2 is 1.29 bits per heavy atom. The zero-order valence-electron chi connectivity index (χ0n) is 21.4. The molecule has 0 saturated heterocycles. The summed E-state index contributed by atoms with van der Waals surface area (Å²) in [5.41, 5.74) is 0. The Morgan fingerprint density at radius 1 is 0.886 bits per heavy atom. The third-order valence-corrected chi connectivity index (χ3v) is 15.4. The highest BCUT2D eigenvalue weighted by atomic mass is 31.2. The summed E-state index contributed by atoms with van der Waals surface area (Å²) >= 11 is 0. The van der Waals surface area contributed by atoms with E-state index < -0.39 is 21.3 Å². The highest BCUT2D eigenvalue weighted by molar-refractivity contribution is 7.95. The predicted octanol–water partition coefficient (Wildman–Crippen LogP) is 6.05. The Balaban J connectivity index is 2.15. The van der Waals surface area contributed by atoms with Gasteiger partial charge in [-0.25, -0.2) is 0 Å². The van der Waals surface area contributed by atoms with Crippen LogP contribution in [0.4, 0.5) is 0 Å². The van der Waals surface area contributed by atoms with Crippen LogP contribution in [0.2, 0.25) is 18.1 Å². The summed E-state index contributed by atoms with van der Waals surface area (Å²) in [4.78, 5) is 13.8. The average molecular weight is 502 g/mol. The molecule has 3 nitrogen and oxygen atoms in total. The van der Waals surface area contributed by atoms with Crippen molar-refractivity contribution in [1.82, 2.24) is 0 Å². The van der Waals surface area contributed by atoms with Crippen molar-refractivity contribution in [2.24, 2.45) is 0 Å². The summed E-state index contributed by atoms with van der Waals surface area (Å²) < 4.78 is 6.53. The van der Waals surface area contributed by atoms with Gasteiger partial charge in [0.1, 0.15) is 0 Å². The molecule has 35 heavy (non-hydrogen) atoms. The van der Waals surface area contributed by atoms with Gasteiger partial charge in [-0.1, -0.05) is 112 Å². The van der Waals surface area contributed by atoms with Gasteiger partial charge in [0, 0.05) is 6.42 Å². The number of nitrogens with zero attached hydrogens (tertiary/aromatic N) is 1. The summed E-state index contributed by atoms with van der Waals surface area (Å²) in [6.07, 6.45) is 0.00212. The fraction of sp³-hybridized carbons (Fsp3) is 0.300. The standard InChI is InChI=1S/C30H36NO2PSi/c1-30(2,3)35(4,5)33-26(21-22-31)23-25(32)24-34(27-15-9-6-10-16-27,28-17-11-7-12-18-28)29-19-13-8-14-20-29/h6-20,24,26H,21,23H2,1-5H3. The molecule has 0 saturated carbocycles. The molecule has 0 aliphatic heterocycles. The van der Waals surface area contributed by atoms with Crippen LogP contribution in [0.5, 0.6) is 0 Å². The topological polar surface area (TPSA) is 50.1 Å². The van der Waals surface area contributed by atoms with Crippen LogP contribution in [0.25, 0.3) is 0 Å². The molecule has 0 aliphatic carbocycles. The van der Waals surface area contributed by atoms with Crippen molar-refractivity contribution in [1.29, 1.82) is 5.26 Å². The van der Waals surface area contributed by atoms with Crippen LogP contribution in [0.15, 0.2) is 91.0 Å². The van der Waals surface area contributed by atoms with E-state index in [2.05, 4.69) is 76.3 Å². The monoisotopic (exact) mass is 501 g/mol. The first-order valence-electron chi connectivity index (χ1n) is 12.1. The van der Waals surface area contributed by atoms with Crippen LogP contribution in [0.3, 0.4) is 0 Å². The van der Waals surface area contributed by atoms with Gasteiger partial charge in [-0.3, -0.25) is 4.79 Å². The molecule has 3 aromatic carbocycles. The van der Waals surface area contributed by atoms with Crippen LogP contribution >= 0.6 is 6.89 Å². The maximum absolute atomic E-state index is 13.8. The molecule has 0 N–H and O–H groups in total. The first-order valence-corrected chi connectivity index (χ1v) is 16.9. The van der Waals surface area contributed by atoms with Crippen LogP contribution in [0, 0.1) is 11.3 Å². The highest BCUT2D eigenvalue weighted by Crippen LogP contribution is 2.44. The molecular weight excluding hydrogens is 465 g/mol. The zero-order valence-corrected chi connectivity index (χ0v) is 23.3. The molecule has 1 atom stereocenters. The predicted molar refractivity (Wildman–Crippen MR) is 153 cm³/mol. The van der Waals surface area contributed by atoms with Crippen molar-refractivity contribution in [2.75, 3.05) is 0 Å². The largest absolute Gasteiger partial charge is 0.412 e. The first-order chi connectivity index (χ1) is 16.6. The first kappa shape index (κ1) is 26.9. The lowest BCUT2D eigenvalue weighted by molar-refractivity contribution is -0.113. The molecule has 0 spiro atoms. The van der Waals surface area contributed by atoms with Crippen LogP contribution in [-0.4, -0.2) is 26.0 Å². The van der Waals surface area contributed by atoms with Gasteiger partial charge in [0.05, 0.1) is 18.6 Å². The third-order valence-electron chi connectivity index (χ3n) is 6.84. The van der Waals surface area contributed by atoms with E-state index in [1.807, 2.05) is 60.4 Å². The van der Waals surface area contributed by atoms with Crippen molar-refractivity contribution in [2.45, 2.75) is 57.8 Å². The van der Waals surface area contributed by atoms with Crippen LogP contribution < -0.4 is 15.9 Å². The van der Waals surface area contributed by atoms with Crippen molar-refractivity contribution >= 4 is 42.7 Å². The molecule has 0 aliphatic rings. The fourth-order valence-corrected chi connectivity index (χ4v) is 9.16. The van der Waals surface area contributed by atoms with Gasteiger partial charge in [-0.05, 0) is 46.7 Å². The third kappa shape index (κ3) is 6.30. The molecule has 1 unspecified atom stereocenters. The number of nitriles is 1. The second kappa shape index (κ2) is 11.4. The molecule has 3 rings (SSSR count). The molecule has 3 aromatic rings. The molecule has 0 heterocycles. The number of benzene rings is 3. The van der Waals surface area contributed by atoms with E-state index in [1.165, 1.54) is 0 Å². The summed E-state index contributed by atoms with van der Waals surface area (Å²) in [5.74, 6) is 1.97. The van der Waals surface area contributed by atoms with E-state index >= 15 is 0 Å². The smallest absolute Gasteiger partial charge is 0.192 e. The fourth-order valence-electron chi connectivity index (χ4n) is 4.00. The highest BCUT2D eigenvalue weighted by Gasteiger charge is 2.39. The lowest BCUT2D eigenvalue weighted by Crippen LogP contribution is -2.44. The Bertz CT molecular complexity index is 1110. The molecule has 0 bridgehead atoms. The molecule has 0 radical (unpaired) electrons. The second-order valence-corrected chi connectivity index (χ2v) is 18.4. The van der Waals surface area contributed by atoms with Crippen molar-refractivity contribution in [3.05, 3.63) is 91.0 Å². The van der Waals surface area contributed by atoms with Gasteiger partial charge in [-0.2, -0.15) is 5.26 Å². The number of ketones is 1. The summed E-state index contributed by atoms with van der Waals surface area (Å²) in [7, 11) is -2.13. The summed E-state index contributed by atoms with van der Waals surface area (Å²) in [5, 5.41) is 12.9. The molecule has 0 fully saturated rings. The number of hydrogen-bond acceptors (Lipinski definition) is 3. The second-order valence-electron chi connectivity index (χ2n) is 10.4. The summed E-state index contributed by atoms with van der Waals surface area (Å²) in [6.45, 7) is 8.49. The van der Waals surface area contributed by atoms with Crippen molar-refractivity contribution in [3.63, 3.8) is 0 Å². The number of Topliss-reactive ketones (excluding diaryl/α,β-unsaturated/α-hetero) is 1. The van der Waals surface area contributed by atoms with Crippen molar-refractivity contribution < 1.29 is 9.22 Å². The Hall–Kier alpha value is -2.70. The SMILES string of the molecule is CC(C)(C)[Si](C)(C)OC(CC#N)CC(=O)C=P(c1ccccc1)(c1ccccc1)c1ccccc1. The minimum absolute atomic E-state index is 0.00232. The maximum atomic E-state index is 13.8. The molecule has 0 amide bonds. The minimum atomic E-state index is -2.37. The quantitative estimate of drug-likeness (QED) is 0.265. The number of hydrogen-bond donors (Lipinski definition) is 0. The molecule has 182 valence electrons.